The highest BCUT2D eigenvalue weighted by atomic mass is 35.5. The summed E-state index contributed by atoms with van der Waals surface area (Å²) in [6.07, 6.45) is 5.97. The number of allylic oxidation sites excluding steroid dienone is 2. The molecule has 5 rings (SSSR count). The average Bonchev–Trinajstić information content (AvgIpc) is 2.85. The Kier molecular flexibility index (Phi) is 4.08. The number of hydrogen-bond donors (Lipinski definition) is 1. The minimum atomic E-state index is -0.454. The lowest BCUT2D eigenvalue weighted by Gasteiger charge is -2.38. The van der Waals surface area contributed by atoms with Gasteiger partial charge in [-0.15, -0.1) is 0 Å². The maximum atomic E-state index is 12.7. The zero-order valence-electron chi connectivity index (χ0n) is 13.2. The lowest BCUT2D eigenvalue weighted by Crippen LogP contribution is -2.38. The van der Waals surface area contributed by atoms with Crippen LogP contribution in [0.1, 0.15) is 12.8 Å². The molecule has 3 amide bonds. The van der Waals surface area contributed by atoms with Crippen LogP contribution in [0.25, 0.3) is 0 Å². The summed E-state index contributed by atoms with van der Waals surface area (Å²) >= 11 is 11.9. The molecular formula is C18H16Cl2N2O3. The molecule has 1 aliphatic heterocycles. The van der Waals surface area contributed by atoms with Crippen molar-refractivity contribution >= 4 is 46.6 Å². The van der Waals surface area contributed by atoms with Crippen LogP contribution in [-0.4, -0.2) is 29.2 Å². The first-order valence-electron chi connectivity index (χ1n) is 8.24. The van der Waals surface area contributed by atoms with E-state index < -0.39 is 5.91 Å². The van der Waals surface area contributed by atoms with E-state index in [9.17, 15) is 14.4 Å². The fraction of sp³-hybridized carbons (Fsp3) is 0.389. The quantitative estimate of drug-likeness (QED) is 0.648. The number of fused-ring (bicyclic) bond motifs is 1. The maximum Gasteiger partial charge on any atom is 0.244 e. The van der Waals surface area contributed by atoms with Gasteiger partial charge in [-0.05, 0) is 42.9 Å². The van der Waals surface area contributed by atoms with E-state index in [-0.39, 0.29) is 42.0 Å². The molecule has 1 N–H and O–H groups in total. The Hall–Kier alpha value is -1.85. The fourth-order valence-corrected chi connectivity index (χ4v) is 4.67. The molecule has 0 spiro atoms. The molecule has 0 aromatic heterocycles. The van der Waals surface area contributed by atoms with Crippen molar-refractivity contribution in [3.63, 3.8) is 0 Å². The van der Waals surface area contributed by atoms with Crippen LogP contribution in [-0.2, 0) is 14.4 Å². The van der Waals surface area contributed by atoms with Crippen molar-refractivity contribution in [2.45, 2.75) is 12.8 Å². The molecule has 25 heavy (non-hydrogen) atoms. The number of amides is 3. The van der Waals surface area contributed by atoms with Crippen LogP contribution in [0.5, 0.6) is 0 Å². The summed E-state index contributed by atoms with van der Waals surface area (Å²) in [6.45, 7) is -0.289. The van der Waals surface area contributed by atoms with Gasteiger partial charge < -0.3 is 5.32 Å². The first-order valence-corrected chi connectivity index (χ1v) is 9.00. The number of nitrogens with one attached hydrogen (secondary N) is 1. The fourth-order valence-electron chi connectivity index (χ4n) is 4.22. The molecular weight excluding hydrogens is 363 g/mol. The van der Waals surface area contributed by atoms with Gasteiger partial charge in [0.25, 0.3) is 0 Å². The molecule has 5 nitrogen and oxygen atoms in total. The predicted octanol–water partition coefficient (Wildman–Crippen LogP) is 3.13. The molecule has 2 fully saturated rings. The van der Waals surface area contributed by atoms with Crippen molar-refractivity contribution < 1.29 is 14.4 Å². The third kappa shape index (κ3) is 2.75. The Morgan fingerprint density at radius 1 is 1.08 bits per heavy atom. The SMILES string of the molecule is O=C(CN1C(=O)C2C3C=CC(CC3)C2C1=O)Nc1ccc(Cl)cc1Cl. The maximum absolute atomic E-state index is 12.7. The highest BCUT2D eigenvalue weighted by molar-refractivity contribution is 6.36. The number of hydrogen-bond acceptors (Lipinski definition) is 3. The molecule has 2 bridgehead atoms. The number of carbonyl (C=O) groups is 3. The summed E-state index contributed by atoms with van der Waals surface area (Å²) < 4.78 is 0. The summed E-state index contributed by atoms with van der Waals surface area (Å²) in [7, 11) is 0. The molecule has 4 atom stereocenters. The van der Waals surface area contributed by atoms with Gasteiger partial charge in [0.2, 0.25) is 17.7 Å². The topological polar surface area (TPSA) is 66.5 Å². The Morgan fingerprint density at radius 3 is 2.20 bits per heavy atom. The summed E-state index contributed by atoms with van der Waals surface area (Å²) in [6, 6.07) is 4.70. The van der Waals surface area contributed by atoms with Gasteiger partial charge in [-0.2, -0.15) is 0 Å². The van der Waals surface area contributed by atoms with Crippen LogP contribution < -0.4 is 5.32 Å². The van der Waals surface area contributed by atoms with Crippen LogP contribution in [0.15, 0.2) is 30.4 Å². The van der Waals surface area contributed by atoms with Crippen molar-refractivity contribution in [2.24, 2.45) is 23.7 Å². The highest BCUT2D eigenvalue weighted by Crippen LogP contribution is 2.49. The number of anilines is 1. The second-order valence-corrected chi connectivity index (χ2v) is 7.62. The van der Waals surface area contributed by atoms with E-state index in [0.717, 1.165) is 17.7 Å². The van der Waals surface area contributed by atoms with Crippen LogP contribution in [0, 0.1) is 23.7 Å². The number of halogens is 2. The van der Waals surface area contributed by atoms with Crippen molar-refractivity contribution in [3.05, 3.63) is 40.4 Å². The minimum Gasteiger partial charge on any atom is -0.323 e. The Labute approximate surface area is 155 Å². The van der Waals surface area contributed by atoms with Gasteiger partial charge in [-0.3, -0.25) is 19.3 Å². The second kappa shape index (κ2) is 6.15. The van der Waals surface area contributed by atoms with E-state index in [0.29, 0.717) is 15.7 Å². The summed E-state index contributed by atoms with van der Waals surface area (Å²) in [4.78, 5) is 38.8. The summed E-state index contributed by atoms with van der Waals surface area (Å²) in [5.41, 5.74) is 0.398. The molecule has 1 heterocycles. The van der Waals surface area contributed by atoms with Crippen LogP contribution in [0.4, 0.5) is 5.69 Å². The van der Waals surface area contributed by atoms with Gasteiger partial charge in [-0.1, -0.05) is 35.4 Å². The molecule has 3 aliphatic carbocycles. The van der Waals surface area contributed by atoms with E-state index in [4.69, 9.17) is 23.2 Å². The van der Waals surface area contributed by atoms with E-state index >= 15 is 0 Å². The molecule has 1 aromatic rings. The van der Waals surface area contributed by atoms with E-state index in [1.807, 2.05) is 0 Å². The summed E-state index contributed by atoms with van der Waals surface area (Å²) in [5, 5.41) is 3.39. The Morgan fingerprint density at radius 2 is 1.68 bits per heavy atom. The number of benzene rings is 1. The number of carbonyl (C=O) groups excluding carboxylic acids is 3. The molecule has 1 saturated heterocycles. The third-order valence-corrected chi connectivity index (χ3v) is 5.91. The predicted molar refractivity (Wildman–Crippen MR) is 94.1 cm³/mol. The van der Waals surface area contributed by atoms with Crippen molar-refractivity contribution in [1.82, 2.24) is 4.90 Å². The lowest BCUT2D eigenvalue weighted by molar-refractivity contribution is -0.142. The van der Waals surface area contributed by atoms with Crippen molar-refractivity contribution in [1.29, 1.82) is 0 Å². The van der Waals surface area contributed by atoms with Gasteiger partial charge in [-0.25, -0.2) is 0 Å². The Balaban J connectivity index is 1.48. The van der Waals surface area contributed by atoms with Gasteiger partial charge in [0.1, 0.15) is 6.54 Å². The first kappa shape index (κ1) is 16.6. The molecule has 4 aliphatic rings. The number of rotatable bonds is 3. The van der Waals surface area contributed by atoms with E-state index in [1.54, 1.807) is 12.1 Å². The average molecular weight is 379 g/mol. The minimum absolute atomic E-state index is 0.116. The van der Waals surface area contributed by atoms with Gasteiger partial charge in [0.05, 0.1) is 22.5 Å². The van der Waals surface area contributed by atoms with E-state index in [2.05, 4.69) is 17.5 Å². The lowest BCUT2D eigenvalue weighted by atomic mass is 9.63. The molecule has 7 heteroatoms. The highest BCUT2D eigenvalue weighted by Gasteiger charge is 2.56. The van der Waals surface area contributed by atoms with Gasteiger partial charge in [0.15, 0.2) is 0 Å². The zero-order valence-corrected chi connectivity index (χ0v) is 14.8. The zero-order chi connectivity index (χ0) is 17.7. The molecule has 1 aromatic carbocycles. The smallest absolute Gasteiger partial charge is 0.244 e. The first-order chi connectivity index (χ1) is 12.0. The van der Waals surface area contributed by atoms with Crippen molar-refractivity contribution in [2.75, 3.05) is 11.9 Å². The van der Waals surface area contributed by atoms with Crippen LogP contribution in [0.2, 0.25) is 10.0 Å². The molecule has 130 valence electrons. The van der Waals surface area contributed by atoms with Gasteiger partial charge in [0, 0.05) is 5.02 Å². The second-order valence-electron chi connectivity index (χ2n) is 6.78. The number of imide groups is 1. The summed E-state index contributed by atoms with van der Waals surface area (Å²) in [5.74, 6) is -1.29. The third-order valence-electron chi connectivity index (χ3n) is 5.36. The number of likely N-dealkylation sites (tertiary alicyclic amines) is 1. The monoisotopic (exact) mass is 378 g/mol. The van der Waals surface area contributed by atoms with Gasteiger partial charge >= 0.3 is 0 Å². The largest absolute Gasteiger partial charge is 0.323 e. The Bertz CT molecular complexity index is 776. The molecule has 1 saturated carbocycles. The van der Waals surface area contributed by atoms with E-state index in [1.165, 1.54) is 6.07 Å². The van der Waals surface area contributed by atoms with Crippen LogP contribution in [0.3, 0.4) is 0 Å². The molecule has 4 unspecified atom stereocenters. The van der Waals surface area contributed by atoms with Crippen molar-refractivity contribution in [3.8, 4) is 0 Å². The standard InChI is InChI=1S/C18H16Cl2N2O3/c19-11-5-6-13(12(20)7-11)21-14(23)8-22-17(24)15-9-1-2-10(4-3-9)16(15)18(22)25/h1-2,5-7,9-10,15-16H,3-4,8H2,(H,21,23). The number of nitrogens with zero attached hydrogens (tertiary/aromatic N) is 1. The normalized spacial score (nSPS) is 29.9. The molecule has 0 radical (unpaired) electrons. The van der Waals surface area contributed by atoms with Crippen LogP contribution >= 0.6 is 23.2 Å².